The lowest BCUT2D eigenvalue weighted by atomic mass is 9.92. The number of hydrogen-bond donors (Lipinski definition) is 0. The molecule has 2 nitrogen and oxygen atoms in total. The van der Waals surface area contributed by atoms with Crippen LogP contribution in [0.15, 0.2) is 0 Å². The predicted molar refractivity (Wildman–Crippen MR) is 87.0 cm³/mol. The molecule has 0 bridgehead atoms. The summed E-state index contributed by atoms with van der Waals surface area (Å²) in [5.74, 6) is 0. The maximum atomic E-state index is 6.13. The van der Waals surface area contributed by atoms with E-state index in [1.807, 2.05) is 0 Å². The van der Waals surface area contributed by atoms with Gasteiger partial charge in [0.1, 0.15) is 0 Å². The summed E-state index contributed by atoms with van der Waals surface area (Å²) in [7, 11) is -1.56. The van der Waals surface area contributed by atoms with Crippen LogP contribution in [-0.2, 0) is 9.16 Å². The summed E-state index contributed by atoms with van der Waals surface area (Å²) in [6.07, 6.45) is 3.22. The Balaban J connectivity index is 3.62. The number of unbranched alkanes of at least 4 members (excludes halogenated alkanes) is 1. The molecule has 0 N–H and O–H groups in total. The van der Waals surface area contributed by atoms with Crippen molar-refractivity contribution < 1.29 is 9.16 Å². The highest BCUT2D eigenvalue weighted by molar-refractivity contribution is 6.74. The third-order valence-electron chi connectivity index (χ3n) is 4.26. The molecule has 0 aromatic carbocycles. The Kier molecular flexibility index (Phi) is 7.85. The zero-order chi connectivity index (χ0) is 15.2. The number of ether oxygens (including phenoxy) is 1. The van der Waals surface area contributed by atoms with Gasteiger partial charge in [-0.25, -0.2) is 0 Å². The van der Waals surface area contributed by atoms with Gasteiger partial charge in [0.05, 0.1) is 6.61 Å². The summed E-state index contributed by atoms with van der Waals surface area (Å²) in [4.78, 5) is 0. The van der Waals surface area contributed by atoms with E-state index in [1.165, 1.54) is 0 Å². The number of rotatable bonds is 9. The first-order chi connectivity index (χ1) is 8.52. The Labute approximate surface area is 122 Å². The molecule has 3 heteroatoms. The molecule has 1 atom stereocenters. The molecule has 0 aliphatic rings. The Bertz CT molecular complexity index is 242. The molecule has 0 amide bonds. The van der Waals surface area contributed by atoms with Gasteiger partial charge in [0.15, 0.2) is 8.32 Å². The van der Waals surface area contributed by atoms with E-state index in [2.05, 4.69) is 54.6 Å². The molecule has 19 heavy (non-hydrogen) atoms. The topological polar surface area (TPSA) is 18.5 Å². The molecule has 0 spiro atoms. The standard InChI is InChI=1S/C16H35O2Si/c1-9-16(5,6)14-17-12-10-11-13-18-19(7,8)15(2,3)4/h5,9-14H2,1-4,6-8H3. The van der Waals surface area contributed by atoms with Crippen molar-refractivity contribution in [3.8, 4) is 0 Å². The van der Waals surface area contributed by atoms with Gasteiger partial charge < -0.3 is 9.16 Å². The molecule has 1 radical (unpaired) electrons. The van der Waals surface area contributed by atoms with Crippen molar-refractivity contribution in [3.63, 3.8) is 0 Å². The molecule has 0 aromatic rings. The van der Waals surface area contributed by atoms with Crippen LogP contribution in [0.2, 0.25) is 18.1 Å². The second-order valence-electron chi connectivity index (χ2n) is 7.53. The van der Waals surface area contributed by atoms with Crippen molar-refractivity contribution in [2.24, 2.45) is 5.41 Å². The average Bonchev–Trinajstić information content (AvgIpc) is 2.26. The summed E-state index contributed by atoms with van der Waals surface area (Å²) in [6, 6.07) is 0. The number of hydrogen-bond acceptors (Lipinski definition) is 2. The smallest absolute Gasteiger partial charge is 0.191 e. The lowest BCUT2D eigenvalue weighted by Gasteiger charge is -2.36. The fourth-order valence-corrected chi connectivity index (χ4v) is 2.36. The lowest BCUT2D eigenvalue weighted by molar-refractivity contribution is 0.0683. The molecular formula is C16H35O2Si. The molecule has 0 rings (SSSR count). The maximum absolute atomic E-state index is 6.13. The summed E-state index contributed by atoms with van der Waals surface area (Å²) >= 11 is 0. The predicted octanol–water partition coefficient (Wildman–Crippen LogP) is 5.06. The Morgan fingerprint density at radius 1 is 1.00 bits per heavy atom. The molecule has 0 saturated heterocycles. The molecule has 0 fully saturated rings. The molecule has 115 valence electrons. The van der Waals surface area contributed by atoms with Crippen LogP contribution in [0, 0.1) is 12.3 Å². The molecule has 0 aromatic heterocycles. The molecule has 0 aliphatic carbocycles. The van der Waals surface area contributed by atoms with Gasteiger partial charge in [-0.3, -0.25) is 0 Å². The Morgan fingerprint density at radius 3 is 2.00 bits per heavy atom. The summed E-state index contributed by atoms with van der Waals surface area (Å²) in [5, 5.41) is 0.306. The molecule has 1 unspecified atom stereocenters. The van der Waals surface area contributed by atoms with E-state index in [9.17, 15) is 0 Å². The maximum Gasteiger partial charge on any atom is 0.191 e. The fourth-order valence-electron chi connectivity index (χ4n) is 1.27. The van der Waals surface area contributed by atoms with Gasteiger partial charge in [0.2, 0.25) is 0 Å². The minimum Gasteiger partial charge on any atom is -0.417 e. The van der Waals surface area contributed by atoms with Crippen LogP contribution in [0.25, 0.3) is 0 Å². The second kappa shape index (κ2) is 7.80. The van der Waals surface area contributed by atoms with Gasteiger partial charge in [-0.2, -0.15) is 0 Å². The van der Waals surface area contributed by atoms with E-state index >= 15 is 0 Å². The van der Waals surface area contributed by atoms with E-state index in [4.69, 9.17) is 9.16 Å². The van der Waals surface area contributed by atoms with Crippen molar-refractivity contribution in [2.75, 3.05) is 19.8 Å². The van der Waals surface area contributed by atoms with E-state index in [0.717, 1.165) is 39.1 Å². The fraction of sp³-hybridized carbons (Fsp3) is 0.938. The minimum absolute atomic E-state index is 0.0671. The zero-order valence-electron chi connectivity index (χ0n) is 14.3. The molecule has 0 aliphatic heterocycles. The van der Waals surface area contributed by atoms with E-state index in [0.29, 0.717) is 5.04 Å². The van der Waals surface area contributed by atoms with Crippen LogP contribution in [0.1, 0.15) is 53.9 Å². The van der Waals surface area contributed by atoms with Crippen molar-refractivity contribution in [3.05, 3.63) is 6.92 Å². The zero-order valence-corrected chi connectivity index (χ0v) is 15.3. The first-order valence-electron chi connectivity index (χ1n) is 7.59. The van der Waals surface area contributed by atoms with E-state index in [-0.39, 0.29) is 5.41 Å². The van der Waals surface area contributed by atoms with Gasteiger partial charge in [-0.15, -0.1) is 0 Å². The highest BCUT2D eigenvalue weighted by Crippen LogP contribution is 2.36. The normalized spacial score (nSPS) is 13.9. The van der Waals surface area contributed by atoms with Gasteiger partial charge in [0.25, 0.3) is 0 Å². The Hall–Kier alpha value is 0.137. The lowest BCUT2D eigenvalue weighted by Crippen LogP contribution is -2.41. The third kappa shape index (κ3) is 8.11. The molecular weight excluding hydrogens is 252 g/mol. The SMILES string of the molecule is [CH2]C(C)(CC)COCCCCO[Si](C)(C)C(C)(C)C. The van der Waals surface area contributed by atoms with Crippen LogP contribution in [-0.4, -0.2) is 28.1 Å². The van der Waals surface area contributed by atoms with Crippen LogP contribution in [0.3, 0.4) is 0 Å². The monoisotopic (exact) mass is 287 g/mol. The van der Waals surface area contributed by atoms with Gasteiger partial charge in [-0.05, 0) is 49.7 Å². The largest absolute Gasteiger partial charge is 0.417 e. The summed E-state index contributed by atoms with van der Waals surface area (Å²) in [5.41, 5.74) is 0.0671. The highest BCUT2D eigenvalue weighted by atomic mass is 28.4. The summed E-state index contributed by atoms with van der Waals surface area (Å²) < 4.78 is 11.8. The van der Waals surface area contributed by atoms with Crippen molar-refractivity contribution >= 4 is 8.32 Å². The van der Waals surface area contributed by atoms with Gasteiger partial charge in [-0.1, -0.05) is 34.6 Å². The van der Waals surface area contributed by atoms with Gasteiger partial charge >= 0.3 is 0 Å². The van der Waals surface area contributed by atoms with Crippen molar-refractivity contribution in [2.45, 2.75) is 72.0 Å². The van der Waals surface area contributed by atoms with Crippen LogP contribution in [0.5, 0.6) is 0 Å². The quantitative estimate of drug-likeness (QED) is 0.436. The van der Waals surface area contributed by atoms with Crippen molar-refractivity contribution in [1.82, 2.24) is 0 Å². The van der Waals surface area contributed by atoms with Crippen LogP contribution < -0.4 is 0 Å². The second-order valence-corrected chi connectivity index (χ2v) is 12.3. The van der Waals surface area contributed by atoms with E-state index in [1.54, 1.807) is 0 Å². The average molecular weight is 288 g/mol. The minimum atomic E-state index is -1.56. The molecule has 0 heterocycles. The summed E-state index contributed by atoms with van der Waals surface area (Å²) in [6.45, 7) is 22.3. The first kappa shape index (κ1) is 19.1. The van der Waals surface area contributed by atoms with Gasteiger partial charge in [0, 0.05) is 13.2 Å². The van der Waals surface area contributed by atoms with E-state index < -0.39 is 8.32 Å². The Morgan fingerprint density at radius 2 is 1.53 bits per heavy atom. The molecule has 0 saturated carbocycles. The van der Waals surface area contributed by atoms with Crippen LogP contribution >= 0.6 is 0 Å². The third-order valence-corrected chi connectivity index (χ3v) is 8.79. The van der Waals surface area contributed by atoms with Crippen molar-refractivity contribution in [1.29, 1.82) is 0 Å². The van der Waals surface area contributed by atoms with Crippen LogP contribution in [0.4, 0.5) is 0 Å². The highest BCUT2D eigenvalue weighted by Gasteiger charge is 2.36. The first-order valence-corrected chi connectivity index (χ1v) is 10.5.